The van der Waals surface area contributed by atoms with Crippen LogP contribution in [0.5, 0.6) is 11.5 Å². The molecule has 10 heteroatoms. The summed E-state index contributed by atoms with van der Waals surface area (Å²) in [4.78, 5) is 26.1. The third-order valence-electron chi connectivity index (χ3n) is 6.92. The van der Waals surface area contributed by atoms with Crippen molar-refractivity contribution in [2.45, 2.75) is 37.5 Å². The molecule has 1 N–H and O–H groups in total. The lowest BCUT2D eigenvalue weighted by atomic mass is 9.91. The maximum atomic E-state index is 14.5. The smallest absolute Gasteiger partial charge is 0.430 e. The highest BCUT2D eigenvalue weighted by Gasteiger charge is 2.63. The van der Waals surface area contributed by atoms with Crippen molar-refractivity contribution in [3.63, 3.8) is 0 Å². The zero-order chi connectivity index (χ0) is 31.6. The van der Waals surface area contributed by atoms with Crippen LogP contribution in [0, 0.1) is 0 Å². The number of hydrogen-bond donors (Lipinski definition) is 1. The molecule has 0 spiro atoms. The van der Waals surface area contributed by atoms with Gasteiger partial charge in [-0.1, -0.05) is 97.1 Å². The third kappa shape index (κ3) is 7.57. The Labute approximate surface area is 253 Å². The van der Waals surface area contributed by atoms with Crippen LogP contribution in [0.4, 0.5) is 13.2 Å². The number of rotatable bonds is 13. The molecule has 0 fully saturated rings. The third-order valence-corrected chi connectivity index (χ3v) is 6.92. The molecule has 1 amide bonds. The Morgan fingerprint density at radius 2 is 1.23 bits per heavy atom. The van der Waals surface area contributed by atoms with Crippen molar-refractivity contribution in [3.05, 3.63) is 131 Å². The predicted molar refractivity (Wildman–Crippen MR) is 157 cm³/mol. The van der Waals surface area contributed by atoms with Crippen molar-refractivity contribution >= 4 is 11.9 Å². The van der Waals surface area contributed by atoms with E-state index in [0.717, 1.165) is 37.5 Å². The lowest BCUT2D eigenvalue weighted by Gasteiger charge is -2.34. The molecule has 0 aliphatic heterocycles. The molecule has 230 valence electrons. The first-order valence-corrected chi connectivity index (χ1v) is 13.7. The van der Waals surface area contributed by atoms with E-state index >= 15 is 0 Å². The Morgan fingerprint density at radius 1 is 0.705 bits per heavy atom. The number of methoxy groups -OCH3 is 2. The van der Waals surface area contributed by atoms with E-state index in [9.17, 15) is 22.8 Å². The first-order chi connectivity index (χ1) is 21.2. The molecule has 7 nitrogen and oxygen atoms in total. The van der Waals surface area contributed by atoms with Crippen LogP contribution in [0.25, 0.3) is 0 Å². The SMILES string of the molecule is COC(=O)[C@H](Cc1ccc(OCc2ccccc2)c(OCc2ccccc2)c1)NC(=O)[C@@](OC)(c1ccccc1)C(F)(F)F. The molecule has 4 rings (SSSR count). The number of benzene rings is 4. The fourth-order valence-electron chi connectivity index (χ4n) is 4.64. The summed E-state index contributed by atoms with van der Waals surface area (Å²) in [6, 6.07) is 28.9. The second-order valence-corrected chi connectivity index (χ2v) is 9.83. The fourth-order valence-corrected chi connectivity index (χ4v) is 4.64. The molecule has 0 unspecified atom stereocenters. The fraction of sp³-hybridized carbons (Fsp3) is 0.235. The van der Waals surface area contributed by atoms with Gasteiger partial charge in [-0.05, 0) is 28.8 Å². The normalized spacial score (nSPS) is 13.3. The highest BCUT2D eigenvalue weighted by molar-refractivity contribution is 5.91. The molecule has 4 aromatic rings. The van der Waals surface area contributed by atoms with Gasteiger partial charge in [-0.15, -0.1) is 0 Å². The summed E-state index contributed by atoms with van der Waals surface area (Å²) >= 11 is 0. The maximum Gasteiger partial charge on any atom is 0.430 e. The Hall–Kier alpha value is -4.83. The van der Waals surface area contributed by atoms with Gasteiger partial charge in [-0.25, -0.2) is 4.79 Å². The summed E-state index contributed by atoms with van der Waals surface area (Å²) in [5, 5.41) is 2.22. The zero-order valence-corrected chi connectivity index (χ0v) is 24.2. The number of halogens is 3. The van der Waals surface area contributed by atoms with Gasteiger partial charge in [0.1, 0.15) is 19.3 Å². The highest BCUT2D eigenvalue weighted by Crippen LogP contribution is 2.42. The monoisotopic (exact) mass is 607 g/mol. The Kier molecular flexibility index (Phi) is 10.6. The van der Waals surface area contributed by atoms with Gasteiger partial charge in [0.15, 0.2) is 11.5 Å². The quantitative estimate of drug-likeness (QED) is 0.184. The van der Waals surface area contributed by atoms with Gasteiger partial charge in [0.05, 0.1) is 7.11 Å². The second-order valence-electron chi connectivity index (χ2n) is 9.83. The van der Waals surface area contributed by atoms with Crippen LogP contribution < -0.4 is 14.8 Å². The van der Waals surface area contributed by atoms with E-state index in [1.807, 2.05) is 60.7 Å². The molecule has 2 atom stereocenters. The topological polar surface area (TPSA) is 83.1 Å². The van der Waals surface area contributed by atoms with Crippen molar-refractivity contribution in [1.82, 2.24) is 5.32 Å². The average molecular weight is 608 g/mol. The van der Waals surface area contributed by atoms with E-state index in [-0.39, 0.29) is 19.6 Å². The first kappa shape index (κ1) is 32.1. The summed E-state index contributed by atoms with van der Waals surface area (Å²) < 4.78 is 65.2. The van der Waals surface area contributed by atoms with Crippen LogP contribution >= 0.6 is 0 Å². The molecule has 44 heavy (non-hydrogen) atoms. The van der Waals surface area contributed by atoms with Crippen molar-refractivity contribution in [3.8, 4) is 11.5 Å². The zero-order valence-electron chi connectivity index (χ0n) is 24.2. The van der Waals surface area contributed by atoms with Gasteiger partial charge >= 0.3 is 12.1 Å². The van der Waals surface area contributed by atoms with Crippen molar-refractivity contribution in [2.24, 2.45) is 0 Å². The number of ether oxygens (including phenoxy) is 4. The van der Waals surface area contributed by atoms with E-state index in [0.29, 0.717) is 17.1 Å². The molecule has 0 saturated heterocycles. The summed E-state index contributed by atoms with van der Waals surface area (Å²) in [7, 11) is 1.87. The summed E-state index contributed by atoms with van der Waals surface area (Å²) in [5.74, 6) is -1.72. The van der Waals surface area contributed by atoms with Crippen molar-refractivity contribution in [2.75, 3.05) is 14.2 Å². The minimum absolute atomic E-state index is 0.203. The van der Waals surface area contributed by atoms with Crippen molar-refractivity contribution < 1.29 is 41.7 Å². The molecule has 0 heterocycles. The molecule has 0 radical (unpaired) electrons. The maximum absolute atomic E-state index is 14.5. The minimum atomic E-state index is -5.15. The first-order valence-electron chi connectivity index (χ1n) is 13.7. The number of amides is 1. The Bertz CT molecular complexity index is 1520. The van der Waals surface area contributed by atoms with Crippen LogP contribution in [0.15, 0.2) is 109 Å². The van der Waals surface area contributed by atoms with E-state index in [1.54, 1.807) is 18.2 Å². The lowest BCUT2D eigenvalue weighted by Crippen LogP contribution is -2.59. The highest BCUT2D eigenvalue weighted by atomic mass is 19.4. The standard InChI is InChI=1S/C34H32F3NO6/c1-41-31(39)28(38-32(40)33(42-2,34(35,36)37)27-16-10-5-11-17-27)20-26-18-19-29(43-22-24-12-6-3-7-13-24)30(21-26)44-23-25-14-8-4-9-15-25/h3-19,21,28H,20,22-23H2,1-2H3,(H,38,40)/t28-,33-/m0/s1. The number of esters is 1. The molecule has 0 bridgehead atoms. The molecular weight excluding hydrogens is 575 g/mol. The van der Waals surface area contributed by atoms with E-state index in [2.05, 4.69) is 5.32 Å². The van der Waals surface area contributed by atoms with Gasteiger partial charge in [-0.2, -0.15) is 13.2 Å². The van der Waals surface area contributed by atoms with Gasteiger partial charge in [-0.3, -0.25) is 4.79 Å². The van der Waals surface area contributed by atoms with Crippen LogP contribution in [0.3, 0.4) is 0 Å². The average Bonchev–Trinajstić information content (AvgIpc) is 3.04. The molecule has 0 aliphatic rings. The molecule has 0 aromatic heterocycles. The van der Waals surface area contributed by atoms with Gasteiger partial charge in [0, 0.05) is 19.1 Å². The van der Waals surface area contributed by atoms with Gasteiger partial charge < -0.3 is 24.3 Å². The molecular formula is C34H32F3NO6. The van der Waals surface area contributed by atoms with Crippen LogP contribution in [-0.4, -0.2) is 38.3 Å². The van der Waals surface area contributed by atoms with Crippen LogP contribution in [0.1, 0.15) is 22.3 Å². The Balaban J connectivity index is 1.61. The number of alkyl halides is 3. The lowest BCUT2D eigenvalue weighted by molar-refractivity contribution is -0.266. The second kappa shape index (κ2) is 14.6. The van der Waals surface area contributed by atoms with Crippen LogP contribution in [0.2, 0.25) is 0 Å². The number of carbonyl (C=O) groups excluding carboxylic acids is 2. The van der Waals surface area contributed by atoms with Gasteiger partial charge in [0.2, 0.25) is 0 Å². The van der Waals surface area contributed by atoms with E-state index in [4.69, 9.17) is 18.9 Å². The summed E-state index contributed by atoms with van der Waals surface area (Å²) in [6.07, 6.45) is -5.35. The Morgan fingerprint density at radius 3 is 1.73 bits per heavy atom. The number of nitrogens with one attached hydrogen (secondary N) is 1. The summed E-state index contributed by atoms with van der Waals surface area (Å²) in [5.41, 5.74) is -1.49. The van der Waals surface area contributed by atoms with E-state index < -0.39 is 35.3 Å². The number of carbonyl (C=O) groups is 2. The molecule has 4 aromatic carbocycles. The van der Waals surface area contributed by atoms with Crippen LogP contribution in [-0.2, 0) is 44.3 Å². The minimum Gasteiger partial charge on any atom is -0.485 e. The molecule has 0 saturated carbocycles. The van der Waals surface area contributed by atoms with E-state index in [1.165, 1.54) is 18.2 Å². The molecule has 0 aliphatic carbocycles. The number of hydrogen-bond acceptors (Lipinski definition) is 6. The van der Waals surface area contributed by atoms with Gasteiger partial charge in [0.25, 0.3) is 11.5 Å². The summed E-state index contributed by atoms with van der Waals surface area (Å²) in [6.45, 7) is 0.473. The van der Waals surface area contributed by atoms with Crippen molar-refractivity contribution in [1.29, 1.82) is 0 Å². The largest absolute Gasteiger partial charge is 0.485 e. The predicted octanol–water partition coefficient (Wildman–Crippen LogP) is 6.15.